The molecule has 0 atom stereocenters. The van der Waals surface area contributed by atoms with Gasteiger partial charge in [0.25, 0.3) is 5.91 Å². The summed E-state index contributed by atoms with van der Waals surface area (Å²) in [4.78, 5) is 29.7. The monoisotopic (exact) mass is 348 g/mol. The third kappa shape index (κ3) is 7.13. The summed E-state index contributed by atoms with van der Waals surface area (Å²) in [7, 11) is 0. The Morgan fingerprint density at radius 3 is 2.60 bits per heavy atom. The van der Waals surface area contributed by atoms with Crippen molar-refractivity contribution in [2.24, 2.45) is 0 Å². The second-order valence-corrected chi connectivity index (χ2v) is 6.39. The molecule has 0 radical (unpaired) electrons. The maximum Gasteiger partial charge on any atom is 0.329 e. The van der Waals surface area contributed by atoms with Crippen molar-refractivity contribution in [3.05, 3.63) is 29.8 Å². The first-order valence-electron chi connectivity index (χ1n) is 8.95. The minimum absolute atomic E-state index is 0.293. The van der Waals surface area contributed by atoms with Gasteiger partial charge in [-0.1, -0.05) is 18.6 Å². The number of carbonyl (C=O) groups excluding carboxylic acids is 2. The molecule has 0 spiro atoms. The molecule has 0 aliphatic carbocycles. The van der Waals surface area contributed by atoms with Crippen molar-refractivity contribution in [2.75, 3.05) is 26.2 Å². The molecule has 1 saturated heterocycles. The summed E-state index contributed by atoms with van der Waals surface area (Å²) >= 11 is 0. The van der Waals surface area contributed by atoms with Crippen molar-refractivity contribution in [1.82, 2.24) is 9.96 Å². The zero-order valence-corrected chi connectivity index (χ0v) is 15.2. The first-order chi connectivity index (χ1) is 12.0. The van der Waals surface area contributed by atoms with Crippen LogP contribution in [0.4, 0.5) is 0 Å². The summed E-state index contributed by atoms with van der Waals surface area (Å²) in [6.07, 6.45) is 4.49. The number of ether oxygens (including phenoxy) is 1. The maximum absolute atomic E-state index is 11.4. The molecule has 25 heavy (non-hydrogen) atoms. The minimum Gasteiger partial charge on any atom is -0.494 e. The van der Waals surface area contributed by atoms with Crippen LogP contribution in [0.3, 0.4) is 0 Å². The molecule has 1 fully saturated rings. The zero-order valence-electron chi connectivity index (χ0n) is 15.2. The summed E-state index contributed by atoms with van der Waals surface area (Å²) in [5, 5.41) is 1.07. The van der Waals surface area contributed by atoms with Gasteiger partial charge in [0.2, 0.25) is 0 Å². The fourth-order valence-corrected chi connectivity index (χ4v) is 2.93. The average molecular weight is 348 g/mol. The molecular weight excluding hydrogens is 320 g/mol. The van der Waals surface area contributed by atoms with Crippen LogP contribution < -0.4 is 4.74 Å². The van der Waals surface area contributed by atoms with E-state index < -0.39 is 5.97 Å². The Morgan fingerprint density at radius 1 is 1.16 bits per heavy atom. The normalized spacial score (nSPS) is 14.8. The number of carbonyl (C=O) groups is 2. The van der Waals surface area contributed by atoms with Gasteiger partial charge in [0, 0.05) is 26.8 Å². The highest BCUT2D eigenvalue weighted by atomic mass is 16.7. The molecule has 1 aromatic rings. The van der Waals surface area contributed by atoms with Crippen molar-refractivity contribution in [1.29, 1.82) is 0 Å². The number of likely N-dealkylation sites (tertiary alicyclic amines) is 1. The fourth-order valence-electron chi connectivity index (χ4n) is 2.93. The highest BCUT2D eigenvalue weighted by Gasteiger charge is 2.12. The minimum atomic E-state index is -0.499. The highest BCUT2D eigenvalue weighted by Crippen LogP contribution is 2.17. The molecular formula is C19H28N2O4. The van der Waals surface area contributed by atoms with Crippen LogP contribution in [-0.2, 0) is 21.0 Å². The standard InChI is InChI=1S/C19H28N2O4/c1-16(22)21(25-17(2)23)12-7-13-24-19-9-6-8-18(14-19)15-20-10-4-3-5-11-20/h6,8-9,14H,3-5,7,10-13,15H2,1-2H3. The smallest absolute Gasteiger partial charge is 0.329 e. The fraction of sp³-hybridized carbons (Fsp3) is 0.579. The summed E-state index contributed by atoms with van der Waals surface area (Å²) in [5.74, 6) is 0.0385. The lowest BCUT2D eigenvalue weighted by molar-refractivity contribution is -0.195. The molecule has 138 valence electrons. The topological polar surface area (TPSA) is 59.1 Å². The van der Waals surface area contributed by atoms with E-state index in [2.05, 4.69) is 17.0 Å². The van der Waals surface area contributed by atoms with Gasteiger partial charge in [-0.3, -0.25) is 14.5 Å². The van der Waals surface area contributed by atoms with E-state index in [9.17, 15) is 9.59 Å². The van der Waals surface area contributed by atoms with Gasteiger partial charge in [-0.05, 0) is 43.6 Å². The molecule has 1 amide bonds. The van der Waals surface area contributed by atoms with E-state index in [1.165, 1.54) is 51.8 Å². The van der Waals surface area contributed by atoms with E-state index in [1.807, 2.05) is 12.1 Å². The first kappa shape index (κ1) is 19.2. The van der Waals surface area contributed by atoms with Gasteiger partial charge in [0.1, 0.15) is 5.75 Å². The van der Waals surface area contributed by atoms with Crippen LogP contribution in [0.25, 0.3) is 0 Å². The first-order valence-corrected chi connectivity index (χ1v) is 8.95. The number of piperidine rings is 1. The Morgan fingerprint density at radius 2 is 1.92 bits per heavy atom. The zero-order chi connectivity index (χ0) is 18.1. The third-order valence-corrected chi connectivity index (χ3v) is 4.12. The van der Waals surface area contributed by atoms with Crippen molar-refractivity contribution >= 4 is 11.9 Å². The van der Waals surface area contributed by atoms with Crippen LogP contribution in [0.5, 0.6) is 5.75 Å². The number of amides is 1. The van der Waals surface area contributed by atoms with E-state index in [0.717, 1.165) is 17.4 Å². The van der Waals surface area contributed by atoms with Crippen molar-refractivity contribution in [3.8, 4) is 5.75 Å². The van der Waals surface area contributed by atoms with Gasteiger partial charge in [-0.15, -0.1) is 0 Å². The lowest BCUT2D eigenvalue weighted by Gasteiger charge is -2.26. The van der Waals surface area contributed by atoms with Crippen LogP contribution in [0, 0.1) is 0 Å². The van der Waals surface area contributed by atoms with E-state index >= 15 is 0 Å². The van der Waals surface area contributed by atoms with Crippen LogP contribution >= 0.6 is 0 Å². The van der Waals surface area contributed by atoms with Crippen molar-refractivity contribution in [2.45, 2.75) is 46.1 Å². The third-order valence-electron chi connectivity index (χ3n) is 4.12. The summed E-state index contributed by atoms with van der Waals surface area (Å²) in [6.45, 7) is 6.72. The number of hydrogen-bond donors (Lipinski definition) is 0. The van der Waals surface area contributed by atoms with Gasteiger partial charge in [-0.2, -0.15) is 5.06 Å². The van der Waals surface area contributed by atoms with E-state index in [0.29, 0.717) is 19.6 Å². The molecule has 0 N–H and O–H groups in total. The lowest BCUT2D eigenvalue weighted by atomic mass is 10.1. The van der Waals surface area contributed by atoms with Crippen LogP contribution in [0.15, 0.2) is 24.3 Å². The lowest BCUT2D eigenvalue weighted by Crippen LogP contribution is -2.32. The van der Waals surface area contributed by atoms with Crippen LogP contribution in [0.2, 0.25) is 0 Å². The largest absolute Gasteiger partial charge is 0.494 e. The van der Waals surface area contributed by atoms with Gasteiger partial charge in [0.15, 0.2) is 0 Å². The Balaban J connectivity index is 1.75. The predicted octanol–water partition coefficient (Wildman–Crippen LogP) is 2.77. The predicted molar refractivity (Wildman–Crippen MR) is 94.8 cm³/mol. The number of nitrogens with zero attached hydrogens (tertiary/aromatic N) is 2. The molecule has 1 aliphatic heterocycles. The highest BCUT2D eigenvalue weighted by molar-refractivity contribution is 5.75. The molecule has 0 saturated carbocycles. The second-order valence-electron chi connectivity index (χ2n) is 6.39. The molecule has 1 heterocycles. The Bertz CT molecular complexity index is 570. The van der Waals surface area contributed by atoms with Crippen molar-refractivity contribution < 1.29 is 19.2 Å². The molecule has 0 aromatic heterocycles. The second kappa shape index (κ2) is 10.0. The molecule has 2 rings (SSSR count). The van der Waals surface area contributed by atoms with E-state index in [1.54, 1.807) is 0 Å². The molecule has 1 aromatic carbocycles. The van der Waals surface area contributed by atoms with Gasteiger partial charge >= 0.3 is 5.97 Å². The SMILES string of the molecule is CC(=O)ON(CCCOc1cccc(CN2CCCCC2)c1)C(C)=O. The van der Waals surface area contributed by atoms with Gasteiger partial charge < -0.3 is 9.57 Å². The molecule has 0 unspecified atom stereocenters. The summed E-state index contributed by atoms with van der Waals surface area (Å²) in [5.41, 5.74) is 1.25. The van der Waals surface area contributed by atoms with Crippen molar-refractivity contribution in [3.63, 3.8) is 0 Å². The van der Waals surface area contributed by atoms with Crippen LogP contribution in [0.1, 0.15) is 45.1 Å². The Labute approximate surface area is 149 Å². The summed E-state index contributed by atoms with van der Waals surface area (Å²) < 4.78 is 5.77. The molecule has 6 nitrogen and oxygen atoms in total. The van der Waals surface area contributed by atoms with Gasteiger partial charge in [-0.25, -0.2) is 0 Å². The molecule has 1 aliphatic rings. The average Bonchev–Trinajstić information content (AvgIpc) is 2.58. The summed E-state index contributed by atoms with van der Waals surface area (Å²) in [6, 6.07) is 8.15. The molecule has 6 heteroatoms. The van der Waals surface area contributed by atoms with Crippen LogP contribution in [-0.4, -0.2) is 48.1 Å². The number of benzene rings is 1. The Kier molecular flexibility index (Phi) is 7.73. The number of hydroxylamine groups is 2. The van der Waals surface area contributed by atoms with Gasteiger partial charge in [0.05, 0.1) is 13.2 Å². The number of hydrogen-bond acceptors (Lipinski definition) is 5. The number of rotatable bonds is 7. The molecule has 0 bridgehead atoms. The van der Waals surface area contributed by atoms with E-state index in [-0.39, 0.29) is 5.91 Å². The quantitative estimate of drug-likeness (QED) is 0.560. The van der Waals surface area contributed by atoms with E-state index in [4.69, 9.17) is 9.57 Å². The Hall–Kier alpha value is -2.08. The maximum atomic E-state index is 11.4.